The molecular formula is C29H32Cl2N2O3. The van der Waals surface area contributed by atoms with Gasteiger partial charge in [0.15, 0.2) is 6.61 Å². The van der Waals surface area contributed by atoms with Gasteiger partial charge in [0.1, 0.15) is 11.8 Å². The zero-order valence-electron chi connectivity index (χ0n) is 21.1. The summed E-state index contributed by atoms with van der Waals surface area (Å²) in [7, 11) is 0. The molecule has 0 aromatic heterocycles. The normalized spacial score (nSPS) is 11.8. The third-order valence-electron chi connectivity index (χ3n) is 5.75. The summed E-state index contributed by atoms with van der Waals surface area (Å²) in [5.74, 6) is 0.0832. The van der Waals surface area contributed by atoms with Gasteiger partial charge in [0.25, 0.3) is 5.91 Å². The highest BCUT2D eigenvalue weighted by Crippen LogP contribution is 2.25. The van der Waals surface area contributed by atoms with Gasteiger partial charge in [-0.05, 0) is 68.1 Å². The zero-order valence-corrected chi connectivity index (χ0v) is 22.6. The molecule has 0 aliphatic carbocycles. The van der Waals surface area contributed by atoms with Crippen LogP contribution >= 0.6 is 23.2 Å². The number of nitrogens with one attached hydrogen (secondary N) is 1. The highest BCUT2D eigenvalue weighted by molar-refractivity contribution is 6.35. The van der Waals surface area contributed by atoms with Crippen LogP contribution in [0.5, 0.6) is 5.75 Å². The van der Waals surface area contributed by atoms with Gasteiger partial charge in [-0.1, -0.05) is 71.7 Å². The Hall–Kier alpha value is -3.02. The van der Waals surface area contributed by atoms with Gasteiger partial charge < -0.3 is 15.0 Å². The highest BCUT2D eigenvalue weighted by Gasteiger charge is 2.31. The Labute approximate surface area is 223 Å². The number of benzene rings is 3. The Morgan fingerprint density at radius 2 is 1.69 bits per heavy atom. The molecule has 1 atom stereocenters. The predicted molar refractivity (Wildman–Crippen MR) is 146 cm³/mol. The van der Waals surface area contributed by atoms with E-state index in [2.05, 4.69) is 5.32 Å². The zero-order chi connectivity index (χ0) is 26.2. The molecule has 0 radical (unpaired) electrons. The van der Waals surface area contributed by atoms with E-state index in [1.165, 1.54) is 0 Å². The second kappa shape index (κ2) is 12.8. The molecule has 0 aliphatic heterocycles. The number of rotatable bonds is 10. The van der Waals surface area contributed by atoms with E-state index in [9.17, 15) is 9.59 Å². The molecule has 0 aliphatic rings. The largest absolute Gasteiger partial charge is 0.483 e. The highest BCUT2D eigenvalue weighted by atomic mass is 35.5. The van der Waals surface area contributed by atoms with E-state index in [0.717, 1.165) is 16.7 Å². The fraction of sp³-hybridized carbons (Fsp3) is 0.310. The van der Waals surface area contributed by atoms with Crippen molar-refractivity contribution in [3.63, 3.8) is 0 Å². The second-order valence-electron chi connectivity index (χ2n) is 9.18. The van der Waals surface area contributed by atoms with Crippen LogP contribution in [0.25, 0.3) is 0 Å². The van der Waals surface area contributed by atoms with Crippen LogP contribution in [-0.2, 0) is 22.6 Å². The first-order valence-electron chi connectivity index (χ1n) is 11.9. The number of nitrogens with zero attached hydrogens (tertiary/aromatic N) is 1. The van der Waals surface area contributed by atoms with Crippen molar-refractivity contribution in [2.45, 2.75) is 52.7 Å². The number of hydrogen-bond donors (Lipinski definition) is 1. The molecule has 0 fully saturated rings. The summed E-state index contributed by atoms with van der Waals surface area (Å²) in [4.78, 5) is 28.6. The monoisotopic (exact) mass is 526 g/mol. The van der Waals surface area contributed by atoms with E-state index in [1.807, 2.05) is 76.2 Å². The van der Waals surface area contributed by atoms with Gasteiger partial charge in [-0.3, -0.25) is 9.59 Å². The summed E-state index contributed by atoms with van der Waals surface area (Å²) >= 11 is 12.6. The summed E-state index contributed by atoms with van der Waals surface area (Å²) in [6, 6.07) is 19.8. The SMILES string of the molecule is Cc1ccc(C)c(OCC(=O)N(Cc2ccc(Cl)cc2Cl)[C@@H](Cc2ccccc2)C(=O)NC(C)C)c1. The molecule has 0 heterocycles. The number of halogens is 2. The molecule has 0 saturated heterocycles. The fourth-order valence-electron chi connectivity index (χ4n) is 3.85. The first kappa shape index (κ1) is 27.6. The lowest BCUT2D eigenvalue weighted by molar-refractivity contribution is -0.143. The topological polar surface area (TPSA) is 58.6 Å². The lowest BCUT2D eigenvalue weighted by Crippen LogP contribution is -2.52. The van der Waals surface area contributed by atoms with Crippen molar-refractivity contribution < 1.29 is 14.3 Å². The summed E-state index contributed by atoms with van der Waals surface area (Å²) in [6.07, 6.45) is 0.347. The Bertz CT molecular complexity index is 1200. The van der Waals surface area contributed by atoms with Gasteiger partial charge in [-0.25, -0.2) is 0 Å². The Balaban J connectivity index is 1.95. The van der Waals surface area contributed by atoms with E-state index < -0.39 is 6.04 Å². The van der Waals surface area contributed by atoms with Crippen LogP contribution in [-0.4, -0.2) is 35.4 Å². The number of aryl methyl sites for hydroxylation is 2. The number of amides is 2. The maximum atomic E-state index is 13.7. The standard InChI is InChI=1S/C29H32Cl2N2O3/c1-19(2)32-29(35)26(15-22-8-6-5-7-9-22)33(17-23-12-13-24(30)16-25(23)31)28(34)18-36-27-14-20(3)10-11-21(27)4/h5-14,16,19,26H,15,17-18H2,1-4H3,(H,32,35)/t26-/m0/s1. The van der Waals surface area contributed by atoms with Crippen molar-refractivity contribution >= 4 is 35.0 Å². The van der Waals surface area contributed by atoms with E-state index >= 15 is 0 Å². The molecule has 3 aromatic carbocycles. The van der Waals surface area contributed by atoms with Gasteiger partial charge in [-0.2, -0.15) is 0 Å². The van der Waals surface area contributed by atoms with Crippen molar-refractivity contribution in [3.8, 4) is 5.75 Å². The first-order valence-corrected chi connectivity index (χ1v) is 12.7. The lowest BCUT2D eigenvalue weighted by atomic mass is 10.0. The number of carbonyl (C=O) groups excluding carboxylic acids is 2. The van der Waals surface area contributed by atoms with Crippen molar-refractivity contribution in [1.82, 2.24) is 10.2 Å². The van der Waals surface area contributed by atoms with Crippen LogP contribution in [0.3, 0.4) is 0 Å². The average molecular weight is 527 g/mol. The minimum Gasteiger partial charge on any atom is -0.483 e. The summed E-state index contributed by atoms with van der Waals surface area (Å²) in [5.41, 5.74) is 3.60. The van der Waals surface area contributed by atoms with Crippen molar-refractivity contribution in [2.24, 2.45) is 0 Å². The van der Waals surface area contributed by atoms with Gasteiger partial charge in [0, 0.05) is 29.1 Å². The van der Waals surface area contributed by atoms with Crippen LogP contribution in [0.2, 0.25) is 10.0 Å². The number of carbonyl (C=O) groups is 2. The van der Waals surface area contributed by atoms with Crippen LogP contribution < -0.4 is 10.1 Å². The van der Waals surface area contributed by atoms with Gasteiger partial charge >= 0.3 is 0 Å². The van der Waals surface area contributed by atoms with Crippen molar-refractivity contribution in [1.29, 1.82) is 0 Å². The van der Waals surface area contributed by atoms with Gasteiger partial charge in [0.2, 0.25) is 5.91 Å². The molecule has 1 N–H and O–H groups in total. The molecule has 0 spiro atoms. The molecule has 7 heteroatoms. The molecule has 5 nitrogen and oxygen atoms in total. The smallest absolute Gasteiger partial charge is 0.261 e. The second-order valence-corrected chi connectivity index (χ2v) is 10.0. The van der Waals surface area contributed by atoms with E-state index in [4.69, 9.17) is 27.9 Å². The van der Waals surface area contributed by atoms with E-state index in [0.29, 0.717) is 27.8 Å². The molecule has 36 heavy (non-hydrogen) atoms. The minimum absolute atomic E-state index is 0.0851. The molecule has 190 valence electrons. The maximum Gasteiger partial charge on any atom is 0.261 e. The van der Waals surface area contributed by atoms with E-state index in [1.54, 1.807) is 23.1 Å². The van der Waals surface area contributed by atoms with Crippen LogP contribution in [0.15, 0.2) is 66.7 Å². The molecule has 0 unspecified atom stereocenters. The predicted octanol–water partition coefficient (Wildman–Crippen LogP) is 6.15. The molecule has 0 saturated carbocycles. The lowest BCUT2D eigenvalue weighted by Gasteiger charge is -2.32. The quantitative estimate of drug-likeness (QED) is 0.344. The van der Waals surface area contributed by atoms with Crippen molar-refractivity contribution in [3.05, 3.63) is 99.0 Å². The third kappa shape index (κ3) is 7.74. The summed E-state index contributed by atoms with van der Waals surface area (Å²) in [6.45, 7) is 7.60. The van der Waals surface area contributed by atoms with Crippen LogP contribution in [0.1, 0.15) is 36.1 Å². The molecule has 0 bridgehead atoms. The Kier molecular flexibility index (Phi) is 9.80. The number of ether oxygens (including phenoxy) is 1. The molecular weight excluding hydrogens is 495 g/mol. The summed E-state index contributed by atoms with van der Waals surface area (Å²) < 4.78 is 5.93. The third-order valence-corrected chi connectivity index (χ3v) is 6.34. The van der Waals surface area contributed by atoms with Crippen molar-refractivity contribution in [2.75, 3.05) is 6.61 Å². The van der Waals surface area contributed by atoms with Gasteiger partial charge in [0.05, 0.1) is 0 Å². The first-order chi connectivity index (χ1) is 17.1. The fourth-order valence-corrected chi connectivity index (χ4v) is 4.32. The Morgan fingerprint density at radius 1 is 0.972 bits per heavy atom. The molecule has 2 amide bonds. The molecule has 3 rings (SSSR count). The number of hydrogen-bond acceptors (Lipinski definition) is 3. The van der Waals surface area contributed by atoms with E-state index in [-0.39, 0.29) is 31.0 Å². The molecule has 3 aromatic rings. The van der Waals surface area contributed by atoms with Crippen LogP contribution in [0, 0.1) is 13.8 Å². The summed E-state index contributed by atoms with van der Waals surface area (Å²) in [5, 5.41) is 3.90. The van der Waals surface area contributed by atoms with Crippen LogP contribution in [0.4, 0.5) is 0 Å². The average Bonchev–Trinajstić information content (AvgIpc) is 2.83. The maximum absolute atomic E-state index is 13.7. The van der Waals surface area contributed by atoms with Gasteiger partial charge in [-0.15, -0.1) is 0 Å². The minimum atomic E-state index is -0.767. The Morgan fingerprint density at radius 3 is 2.36 bits per heavy atom.